The van der Waals surface area contributed by atoms with Gasteiger partial charge in [-0.1, -0.05) is 6.92 Å². The van der Waals surface area contributed by atoms with Crippen LogP contribution in [0.15, 0.2) is 0 Å². The Balaban J connectivity index is 3.01. The normalized spacial score (nSPS) is 12.0. The lowest BCUT2D eigenvalue weighted by Gasteiger charge is -2.16. The average Bonchev–Trinajstić information content (AvgIpc) is 1.94. The lowest BCUT2D eigenvalue weighted by molar-refractivity contribution is -0.0196. The zero-order valence-electron chi connectivity index (χ0n) is 8.39. The molecule has 0 radical (unpaired) electrons. The molecule has 12 heavy (non-hydrogen) atoms. The summed E-state index contributed by atoms with van der Waals surface area (Å²) >= 11 is 0. The molecule has 0 aromatic rings. The predicted octanol–water partition coefficient (Wildman–Crippen LogP) is 0.773. The van der Waals surface area contributed by atoms with Crippen molar-refractivity contribution in [1.29, 1.82) is 0 Å². The van der Waals surface area contributed by atoms with Crippen molar-refractivity contribution in [1.82, 2.24) is 5.32 Å². The van der Waals surface area contributed by atoms with Crippen molar-refractivity contribution in [3.05, 3.63) is 0 Å². The van der Waals surface area contributed by atoms with Gasteiger partial charge in [0.15, 0.2) is 0 Å². The van der Waals surface area contributed by atoms with Crippen LogP contribution < -0.4 is 5.32 Å². The van der Waals surface area contributed by atoms with Gasteiger partial charge in [0.2, 0.25) is 0 Å². The van der Waals surface area contributed by atoms with Crippen LogP contribution >= 0.6 is 0 Å². The van der Waals surface area contributed by atoms with Gasteiger partial charge in [0.25, 0.3) is 0 Å². The van der Waals surface area contributed by atoms with Crippen molar-refractivity contribution in [3.63, 3.8) is 0 Å². The molecular weight excluding hydrogens is 154 g/mol. The van der Waals surface area contributed by atoms with Gasteiger partial charge in [-0.25, -0.2) is 0 Å². The standard InChI is InChI=1S/C9H21NO2/c1-4-5-10-6-7-12-8-9(2,3)11/h10-11H,4-8H2,1-3H3. The van der Waals surface area contributed by atoms with Crippen LogP contribution in [0.4, 0.5) is 0 Å². The lowest BCUT2D eigenvalue weighted by atomic mass is 10.2. The average molecular weight is 175 g/mol. The summed E-state index contributed by atoms with van der Waals surface area (Å²) < 4.78 is 5.23. The Bertz CT molecular complexity index is 99.2. The van der Waals surface area contributed by atoms with Gasteiger partial charge >= 0.3 is 0 Å². The molecule has 3 heteroatoms. The first-order chi connectivity index (χ1) is 5.56. The number of aliphatic hydroxyl groups is 1. The van der Waals surface area contributed by atoms with Crippen LogP contribution in [0.3, 0.4) is 0 Å². The van der Waals surface area contributed by atoms with Crippen molar-refractivity contribution in [2.75, 3.05) is 26.3 Å². The van der Waals surface area contributed by atoms with Crippen LogP contribution in [0, 0.1) is 0 Å². The molecule has 0 spiro atoms. The molecule has 0 saturated carbocycles. The number of ether oxygens (including phenoxy) is 1. The van der Waals surface area contributed by atoms with Gasteiger partial charge in [0, 0.05) is 6.54 Å². The van der Waals surface area contributed by atoms with Crippen molar-refractivity contribution in [2.45, 2.75) is 32.8 Å². The Morgan fingerprint density at radius 2 is 2.00 bits per heavy atom. The van der Waals surface area contributed by atoms with Gasteiger partial charge in [-0.05, 0) is 26.8 Å². The zero-order valence-corrected chi connectivity index (χ0v) is 8.39. The molecule has 0 aliphatic rings. The minimum absolute atomic E-state index is 0.404. The van der Waals surface area contributed by atoms with E-state index < -0.39 is 5.60 Å². The zero-order chi connectivity index (χ0) is 9.45. The van der Waals surface area contributed by atoms with E-state index in [9.17, 15) is 5.11 Å². The van der Waals surface area contributed by atoms with Crippen LogP contribution in [0.2, 0.25) is 0 Å². The molecule has 0 atom stereocenters. The maximum atomic E-state index is 9.27. The van der Waals surface area contributed by atoms with Gasteiger partial charge in [0.05, 0.1) is 18.8 Å². The molecule has 74 valence electrons. The summed E-state index contributed by atoms with van der Waals surface area (Å²) in [6.07, 6.45) is 1.14. The van der Waals surface area contributed by atoms with Crippen LogP contribution in [-0.2, 0) is 4.74 Å². The van der Waals surface area contributed by atoms with E-state index in [1.807, 2.05) is 0 Å². The maximum absolute atomic E-state index is 9.27. The van der Waals surface area contributed by atoms with Crippen molar-refractivity contribution in [2.24, 2.45) is 0 Å². The van der Waals surface area contributed by atoms with Gasteiger partial charge < -0.3 is 15.2 Å². The summed E-state index contributed by atoms with van der Waals surface area (Å²) in [7, 11) is 0. The molecule has 0 aromatic carbocycles. The smallest absolute Gasteiger partial charge is 0.0824 e. The fourth-order valence-electron chi connectivity index (χ4n) is 0.768. The van der Waals surface area contributed by atoms with E-state index in [2.05, 4.69) is 12.2 Å². The molecular formula is C9H21NO2. The largest absolute Gasteiger partial charge is 0.388 e. The summed E-state index contributed by atoms with van der Waals surface area (Å²) in [5, 5.41) is 12.5. The van der Waals surface area contributed by atoms with E-state index in [0.29, 0.717) is 13.2 Å². The summed E-state index contributed by atoms with van der Waals surface area (Å²) in [5.74, 6) is 0. The summed E-state index contributed by atoms with van der Waals surface area (Å²) in [6.45, 7) is 8.59. The highest BCUT2D eigenvalue weighted by atomic mass is 16.5. The Labute approximate surface area is 75.1 Å². The van der Waals surface area contributed by atoms with Crippen molar-refractivity contribution < 1.29 is 9.84 Å². The van der Waals surface area contributed by atoms with E-state index in [4.69, 9.17) is 4.74 Å². The summed E-state index contributed by atoms with van der Waals surface area (Å²) in [5.41, 5.74) is -0.704. The third-order valence-corrected chi connectivity index (χ3v) is 1.31. The van der Waals surface area contributed by atoms with Crippen LogP contribution in [0.5, 0.6) is 0 Å². The lowest BCUT2D eigenvalue weighted by Crippen LogP contribution is -2.28. The van der Waals surface area contributed by atoms with E-state index >= 15 is 0 Å². The third kappa shape index (κ3) is 9.88. The summed E-state index contributed by atoms with van der Waals surface area (Å²) in [4.78, 5) is 0. The second-order valence-corrected chi connectivity index (χ2v) is 3.62. The monoisotopic (exact) mass is 175 g/mol. The van der Waals surface area contributed by atoms with E-state index in [0.717, 1.165) is 19.5 Å². The highest BCUT2D eigenvalue weighted by molar-refractivity contribution is 4.62. The predicted molar refractivity (Wildman–Crippen MR) is 50.3 cm³/mol. The first kappa shape index (κ1) is 11.9. The number of hydrogen-bond acceptors (Lipinski definition) is 3. The SMILES string of the molecule is CCCNCCOCC(C)(C)O. The van der Waals surface area contributed by atoms with E-state index in [-0.39, 0.29) is 0 Å². The second-order valence-electron chi connectivity index (χ2n) is 3.62. The second kappa shape index (κ2) is 6.40. The highest BCUT2D eigenvalue weighted by Gasteiger charge is 2.11. The number of hydrogen-bond donors (Lipinski definition) is 2. The van der Waals surface area contributed by atoms with Crippen LogP contribution in [-0.4, -0.2) is 37.0 Å². The topological polar surface area (TPSA) is 41.5 Å². The Hall–Kier alpha value is -0.120. The molecule has 0 bridgehead atoms. The van der Waals surface area contributed by atoms with Crippen molar-refractivity contribution >= 4 is 0 Å². The maximum Gasteiger partial charge on any atom is 0.0824 e. The highest BCUT2D eigenvalue weighted by Crippen LogP contribution is 1.99. The molecule has 0 saturated heterocycles. The Morgan fingerprint density at radius 3 is 2.50 bits per heavy atom. The molecule has 2 N–H and O–H groups in total. The molecule has 0 amide bonds. The minimum atomic E-state index is -0.704. The minimum Gasteiger partial charge on any atom is -0.388 e. The molecule has 0 aliphatic carbocycles. The van der Waals surface area contributed by atoms with Crippen LogP contribution in [0.25, 0.3) is 0 Å². The molecule has 0 fully saturated rings. The van der Waals surface area contributed by atoms with E-state index in [1.165, 1.54) is 0 Å². The fourth-order valence-corrected chi connectivity index (χ4v) is 0.768. The number of rotatable bonds is 7. The van der Waals surface area contributed by atoms with Crippen LogP contribution in [0.1, 0.15) is 27.2 Å². The van der Waals surface area contributed by atoms with Gasteiger partial charge in [-0.2, -0.15) is 0 Å². The number of nitrogens with one attached hydrogen (secondary N) is 1. The Morgan fingerprint density at radius 1 is 1.33 bits per heavy atom. The third-order valence-electron chi connectivity index (χ3n) is 1.31. The van der Waals surface area contributed by atoms with Gasteiger partial charge in [0.1, 0.15) is 0 Å². The van der Waals surface area contributed by atoms with Crippen molar-refractivity contribution in [3.8, 4) is 0 Å². The van der Waals surface area contributed by atoms with E-state index in [1.54, 1.807) is 13.8 Å². The molecule has 3 nitrogen and oxygen atoms in total. The fraction of sp³-hybridized carbons (Fsp3) is 1.00. The quantitative estimate of drug-likeness (QED) is 0.562. The molecule has 0 unspecified atom stereocenters. The molecule has 0 aliphatic heterocycles. The molecule has 0 rings (SSSR count). The van der Waals surface area contributed by atoms with Gasteiger partial charge in [-0.3, -0.25) is 0 Å². The first-order valence-corrected chi connectivity index (χ1v) is 4.57. The first-order valence-electron chi connectivity index (χ1n) is 4.57. The Kier molecular flexibility index (Phi) is 6.34. The summed E-state index contributed by atoms with van der Waals surface area (Å²) in [6, 6.07) is 0. The molecule has 0 heterocycles. The molecule has 0 aromatic heterocycles. The van der Waals surface area contributed by atoms with Gasteiger partial charge in [-0.15, -0.1) is 0 Å².